The van der Waals surface area contributed by atoms with Gasteiger partial charge in [0, 0.05) is 12.7 Å². The highest BCUT2D eigenvalue weighted by Gasteiger charge is 2.04. The lowest BCUT2D eigenvalue weighted by molar-refractivity contribution is 0.507. The molecule has 0 radical (unpaired) electrons. The van der Waals surface area contributed by atoms with Crippen molar-refractivity contribution in [3.8, 4) is 0 Å². The molecule has 2 rings (SSSR count). The second-order valence-corrected chi connectivity index (χ2v) is 4.48. The zero-order valence-electron chi connectivity index (χ0n) is 8.62. The maximum atomic E-state index is 13.0. The van der Waals surface area contributed by atoms with Gasteiger partial charge in [-0.05, 0) is 40.3 Å². The van der Waals surface area contributed by atoms with Crippen LogP contribution in [0.4, 0.5) is 14.6 Å². The number of nitrogens with one attached hydrogen (secondary N) is 1. The van der Waals surface area contributed by atoms with Gasteiger partial charge >= 0.3 is 0 Å². The molecule has 0 saturated carbocycles. The number of hydrogen-bond donors (Lipinski definition) is 1. The van der Waals surface area contributed by atoms with Crippen LogP contribution in [-0.2, 0) is 6.54 Å². The SMILES string of the molecule is Fc1ccc(CNc2ncncc2I)cc1F. The van der Waals surface area contributed by atoms with Crippen LogP contribution in [0.5, 0.6) is 0 Å². The second-order valence-electron chi connectivity index (χ2n) is 3.32. The maximum Gasteiger partial charge on any atom is 0.159 e. The smallest absolute Gasteiger partial charge is 0.159 e. The predicted octanol–water partition coefficient (Wildman–Crippen LogP) is 2.97. The summed E-state index contributed by atoms with van der Waals surface area (Å²) in [5.74, 6) is -1.02. The number of anilines is 1. The minimum atomic E-state index is -0.846. The fourth-order valence-corrected chi connectivity index (χ4v) is 1.77. The van der Waals surface area contributed by atoms with Crippen LogP contribution >= 0.6 is 22.6 Å². The van der Waals surface area contributed by atoms with Crippen molar-refractivity contribution in [1.29, 1.82) is 0 Å². The molecular formula is C11H8F2IN3. The molecule has 17 heavy (non-hydrogen) atoms. The van der Waals surface area contributed by atoms with Crippen molar-refractivity contribution in [2.45, 2.75) is 6.54 Å². The Morgan fingerprint density at radius 2 is 2.06 bits per heavy atom. The van der Waals surface area contributed by atoms with Crippen molar-refractivity contribution < 1.29 is 8.78 Å². The lowest BCUT2D eigenvalue weighted by atomic mass is 10.2. The van der Waals surface area contributed by atoms with Crippen LogP contribution in [0, 0.1) is 15.2 Å². The topological polar surface area (TPSA) is 37.8 Å². The van der Waals surface area contributed by atoms with Gasteiger partial charge in [-0.1, -0.05) is 6.07 Å². The molecule has 88 valence electrons. The first-order valence-electron chi connectivity index (χ1n) is 4.80. The van der Waals surface area contributed by atoms with E-state index in [-0.39, 0.29) is 0 Å². The molecule has 0 amide bonds. The van der Waals surface area contributed by atoms with E-state index in [0.29, 0.717) is 17.9 Å². The summed E-state index contributed by atoms with van der Waals surface area (Å²) in [5.41, 5.74) is 0.651. The van der Waals surface area contributed by atoms with Crippen molar-refractivity contribution in [2.75, 3.05) is 5.32 Å². The molecule has 2 aromatic rings. The normalized spacial score (nSPS) is 10.3. The molecule has 0 aliphatic rings. The van der Waals surface area contributed by atoms with E-state index in [1.54, 1.807) is 6.20 Å². The van der Waals surface area contributed by atoms with Crippen LogP contribution in [0.1, 0.15) is 5.56 Å². The lowest BCUT2D eigenvalue weighted by Gasteiger charge is -2.07. The molecule has 0 unspecified atom stereocenters. The van der Waals surface area contributed by atoms with Gasteiger partial charge in [-0.25, -0.2) is 18.7 Å². The third kappa shape index (κ3) is 3.09. The number of nitrogens with zero attached hydrogens (tertiary/aromatic N) is 2. The summed E-state index contributed by atoms with van der Waals surface area (Å²) in [7, 11) is 0. The fourth-order valence-electron chi connectivity index (χ4n) is 1.28. The number of halogens is 3. The number of rotatable bonds is 3. The van der Waals surface area contributed by atoms with Gasteiger partial charge in [-0.15, -0.1) is 0 Å². The Balaban J connectivity index is 2.08. The van der Waals surface area contributed by atoms with Crippen molar-refractivity contribution in [1.82, 2.24) is 9.97 Å². The Hall–Kier alpha value is -1.31. The second kappa shape index (κ2) is 5.35. The van der Waals surface area contributed by atoms with Gasteiger partial charge in [-0.3, -0.25) is 0 Å². The van der Waals surface area contributed by atoms with Crippen molar-refractivity contribution in [3.05, 3.63) is 51.5 Å². The van der Waals surface area contributed by atoms with E-state index < -0.39 is 11.6 Å². The lowest BCUT2D eigenvalue weighted by Crippen LogP contribution is -2.04. The van der Waals surface area contributed by atoms with E-state index in [4.69, 9.17) is 0 Å². The Labute approximate surface area is 110 Å². The molecule has 1 aromatic carbocycles. The number of aromatic nitrogens is 2. The minimum absolute atomic E-state index is 0.379. The Morgan fingerprint density at radius 3 is 2.76 bits per heavy atom. The van der Waals surface area contributed by atoms with Gasteiger partial charge < -0.3 is 5.32 Å². The van der Waals surface area contributed by atoms with Crippen molar-refractivity contribution >= 4 is 28.4 Å². The highest BCUT2D eigenvalue weighted by Crippen LogP contribution is 2.14. The largest absolute Gasteiger partial charge is 0.365 e. The molecule has 3 nitrogen and oxygen atoms in total. The van der Waals surface area contributed by atoms with Gasteiger partial charge in [0.05, 0.1) is 3.57 Å². The number of hydrogen-bond acceptors (Lipinski definition) is 3. The molecule has 1 heterocycles. The molecule has 0 bridgehead atoms. The first kappa shape index (κ1) is 12.2. The quantitative estimate of drug-likeness (QED) is 0.868. The van der Waals surface area contributed by atoms with Crippen LogP contribution in [0.2, 0.25) is 0 Å². The van der Waals surface area contributed by atoms with Gasteiger partial charge in [-0.2, -0.15) is 0 Å². The molecule has 0 aliphatic heterocycles. The maximum absolute atomic E-state index is 13.0. The fraction of sp³-hybridized carbons (Fsp3) is 0.0909. The summed E-state index contributed by atoms with van der Waals surface area (Å²) < 4.78 is 26.5. The first-order valence-corrected chi connectivity index (χ1v) is 5.88. The summed E-state index contributed by atoms with van der Waals surface area (Å²) in [6, 6.07) is 3.80. The predicted molar refractivity (Wildman–Crippen MR) is 68.4 cm³/mol. The molecule has 6 heteroatoms. The summed E-state index contributed by atoms with van der Waals surface area (Å²) in [4.78, 5) is 7.89. The Bertz CT molecular complexity index is 534. The zero-order valence-corrected chi connectivity index (χ0v) is 10.8. The average molecular weight is 347 g/mol. The summed E-state index contributed by atoms with van der Waals surface area (Å²) in [6.07, 6.45) is 3.09. The van der Waals surface area contributed by atoms with Crippen molar-refractivity contribution in [3.63, 3.8) is 0 Å². The van der Waals surface area contributed by atoms with E-state index in [1.165, 1.54) is 12.4 Å². The van der Waals surface area contributed by atoms with Crippen LogP contribution in [-0.4, -0.2) is 9.97 Å². The average Bonchev–Trinajstić information content (AvgIpc) is 2.32. The monoisotopic (exact) mass is 347 g/mol. The highest BCUT2D eigenvalue weighted by molar-refractivity contribution is 14.1. The Kier molecular flexibility index (Phi) is 3.82. The van der Waals surface area contributed by atoms with Gasteiger partial charge in [0.15, 0.2) is 11.6 Å². The van der Waals surface area contributed by atoms with E-state index in [9.17, 15) is 8.78 Å². The van der Waals surface area contributed by atoms with Gasteiger partial charge in [0.1, 0.15) is 12.1 Å². The van der Waals surface area contributed by atoms with Crippen LogP contribution in [0.15, 0.2) is 30.7 Å². The first-order chi connectivity index (χ1) is 8.16. The summed E-state index contributed by atoms with van der Waals surface area (Å²) in [6.45, 7) is 0.379. The molecule has 1 aromatic heterocycles. The number of benzene rings is 1. The van der Waals surface area contributed by atoms with E-state index in [0.717, 1.165) is 15.7 Å². The van der Waals surface area contributed by atoms with Crippen LogP contribution in [0.25, 0.3) is 0 Å². The zero-order chi connectivity index (χ0) is 12.3. The molecular weight excluding hydrogens is 339 g/mol. The molecule has 0 spiro atoms. The summed E-state index contributed by atoms with van der Waals surface area (Å²) >= 11 is 2.09. The van der Waals surface area contributed by atoms with Crippen LogP contribution in [0.3, 0.4) is 0 Å². The highest BCUT2D eigenvalue weighted by atomic mass is 127. The molecule has 0 saturated heterocycles. The Morgan fingerprint density at radius 1 is 1.24 bits per heavy atom. The van der Waals surface area contributed by atoms with E-state index in [1.807, 2.05) is 0 Å². The van der Waals surface area contributed by atoms with Crippen molar-refractivity contribution in [2.24, 2.45) is 0 Å². The van der Waals surface area contributed by atoms with E-state index >= 15 is 0 Å². The minimum Gasteiger partial charge on any atom is -0.365 e. The van der Waals surface area contributed by atoms with E-state index in [2.05, 4.69) is 37.9 Å². The van der Waals surface area contributed by atoms with Gasteiger partial charge in [0.2, 0.25) is 0 Å². The van der Waals surface area contributed by atoms with Gasteiger partial charge in [0.25, 0.3) is 0 Å². The summed E-state index contributed by atoms with van der Waals surface area (Å²) in [5, 5.41) is 3.03. The molecule has 1 N–H and O–H groups in total. The molecule has 0 aliphatic carbocycles. The van der Waals surface area contributed by atoms with Crippen LogP contribution < -0.4 is 5.32 Å². The third-order valence-electron chi connectivity index (χ3n) is 2.11. The molecule has 0 fully saturated rings. The third-order valence-corrected chi connectivity index (χ3v) is 2.90. The standard InChI is InChI=1S/C11H8F2IN3/c12-8-2-1-7(3-9(8)13)4-16-11-10(14)5-15-6-17-11/h1-3,5-6H,4H2,(H,15,16,17). The molecule has 0 atom stereocenters.